The van der Waals surface area contributed by atoms with E-state index in [9.17, 15) is 18.0 Å². The van der Waals surface area contributed by atoms with Crippen LogP contribution in [0.3, 0.4) is 0 Å². The largest absolute Gasteiger partial charge is 0.354 e. The van der Waals surface area contributed by atoms with Gasteiger partial charge in [-0.15, -0.1) is 0 Å². The Labute approximate surface area is 222 Å². The number of carbonyl (C=O) groups excluding carboxylic acids is 2. The molecule has 0 radical (unpaired) electrons. The number of halogens is 2. The molecule has 0 saturated heterocycles. The van der Waals surface area contributed by atoms with Crippen molar-refractivity contribution in [2.45, 2.75) is 46.2 Å². The van der Waals surface area contributed by atoms with Gasteiger partial charge in [0.1, 0.15) is 6.04 Å². The van der Waals surface area contributed by atoms with Crippen molar-refractivity contribution in [3.63, 3.8) is 0 Å². The molecule has 0 aliphatic heterocycles. The minimum Gasteiger partial charge on any atom is -0.354 e. The molecule has 0 aromatic heterocycles. The van der Waals surface area contributed by atoms with E-state index in [0.717, 1.165) is 16.3 Å². The highest BCUT2D eigenvalue weighted by molar-refractivity contribution is 9.10. The van der Waals surface area contributed by atoms with Gasteiger partial charge in [0.2, 0.25) is 21.8 Å². The van der Waals surface area contributed by atoms with Crippen molar-refractivity contribution in [2.24, 2.45) is 5.92 Å². The van der Waals surface area contributed by atoms with Gasteiger partial charge >= 0.3 is 0 Å². The maximum atomic E-state index is 13.3. The van der Waals surface area contributed by atoms with Crippen LogP contribution >= 0.6 is 27.5 Å². The summed E-state index contributed by atoms with van der Waals surface area (Å²) in [6.07, 6.45) is 1.52. The molecule has 35 heavy (non-hydrogen) atoms. The number of amides is 2. The molecule has 0 fully saturated rings. The summed E-state index contributed by atoms with van der Waals surface area (Å²) in [5.74, 6) is -0.149. The Kier molecular flexibility index (Phi) is 11.0. The zero-order chi connectivity index (χ0) is 26.2. The molecule has 0 aliphatic rings. The minimum atomic E-state index is -3.55. The molecule has 192 valence electrons. The molecule has 0 spiro atoms. The summed E-state index contributed by atoms with van der Waals surface area (Å²) >= 11 is 9.34. The first-order valence-corrected chi connectivity index (χ1v) is 14.4. The Hall–Kier alpha value is -2.10. The fourth-order valence-corrected chi connectivity index (χ4v) is 4.79. The van der Waals surface area contributed by atoms with Gasteiger partial charge < -0.3 is 10.2 Å². The number of benzene rings is 2. The molecule has 0 unspecified atom stereocenters. The van der Waals surface area contributed by atoms with Crippen LogP contribution in [0.1, 0.15) is 39.2 Å². The van der Waals surface area contributed by atoms with Gasteiger partial charge in [0.05, 0.1) is 11.9 Å². The van der Waals surface area contributed by atoms with Gasteiger partial charge in [0, 0.05) is 35.6 Å². The van der Waals surface area contributed by atoms with Crippen LogP contribution in [-0.4, -0.2) is 50.5 Å². The van der Waals surface area contributed by atoms with E-state index in [1.54, 1.807) is 36.1 Å². The van der Waals surface area contributed by atoms with E-state index in [1.807, 2.05) is 38.1 Å². The number of carbonyl (C=O) groups is 2. The van der Waals surface area contributed by atoms with Crippen molar-refractivity contribution in [3.8, 4) is 0 Å². The van der Waals surface area contributed by atoms with Gasteiger partial charge in [0.25, 0.3) is 0 Å². The van der Waals surface area contributed by atoms with Gasteiger partial charge in [-0.2, -0.15) is 0 Å². The summed E-state index contributed by atoms with van der Waals surface area (Å²) in [6, 6.07) is 13.4. The van der Waals surface area contributed by atoms with Crippen molar-refractivity contribution in [1.29, 1.82) is 0 Å². The Morgan fingerprint density at radius 3 is 2.17 bits per heavy atom. The summed E-state index contributed by atoms with van der Waals surface area (Å²) in [4.78, 5) is 27.6. The van der Waals surface area contributed by atoms with E-state index in [-0.39, 0.29) is 37.2 Å². The second kappa shape index (κ2) is 13.3. The van der Waals surface area contributed by atoms with Crippen LogP contribution < -0.4 is 9.62 Å². The Bertz CT molecular complexity index is 1090. The van der Waals surface area contributed by atoms with Gasteiger partial charge in [-0.3, -0.25) is 13.9 Å². The van der Waals surface area contributed by atoms with Crippen molar-refractivity contribution < 1.29 is 18.0 Å². The third-order valence-corrected chi connectivity index (χ3v) is 7.36. The predicted octanol–water partition coefficient (Wildman–Crippen LogP) is 4.84. The Morgan fingerprint density at radius 2 is 1.63 bits per heavy atom. The van der Waals surface area contributed by atoms with E-state index in [0.29, 0.717) is 23.7 Å². The van der Waals surface area contributed by atoms with Crippen LogP contribution in [0.4, 0.5) is 5.69 Å². The first-order valence-electron chi connectivity index (χ1n) is 11.4. The highest BCUT2D eigenvalue weighted by Gasteiger charge is 2.26. The number of anilines is 1. The molecule has 0 heterocycles. The standard InChI is InChI=1S/C25H33BrClN3O4S/c1-18(2)16-28-25(32)19(3)29(17-20-7-9-21(26)10-8-20)24(31)6-5-15-30(35(4,33)34)23-13-11-22(27)12-14-23/h7-14,18-19H,5-6,15-17H2,1-4H3,(H,28,32)/t19-/m1/s1. The van der Waals surface area contributed by atoms with Crippen LogP contribution in [0.2, 0.25) is 5.02 Å². The molecule has 0 aliphatic carbocycles. The van der Waals surface area contributed by atoms with Crippen molar-refractivity contribution in [3.05, 3.63) is 63.6 Å². The second-order valence-electron chi connectivity index (χ2n) is 8.88. The van der Waals surface area contributed by atoms with E-state index in [2.05, 4.69) is 21.2 Å². The number of sulfonamides is 1. The predicted molar refractivity (Wildman–Crippen MR) is 145 cm³/mol. The van der Waals surface area contributed by atoms with Crippen molar-refractivity contribution in [2.75, 3.05) is 23.7 Å². The monoisotopic (exact) mass is 585 g/mol. The molecular weight excluding hydrogens is 554 g/mol. The summed E-state index contributed by atoms with van der Waals surface area (Å²) in [5, 5.41) is 3.40. The van der Waals surface area contributed by atoms with Crippen LogP contribution in [0.25, 0.3) is 0 Å². The minimum absolute atomic E-state index is 0.0952. The highest BCUT2D eigenvalue weighted by atomic mass is 79.9. The lowest BCUT2D eigenvalue weighted by Gasteiger charge is -2.29. The summed E-state index contributed by atoms with van der Waals surface area (Å²) in [6.45, 7) is 6.65. The number of hydrogen-bond acceptors (Lipinski definition) is 4. The third kappa shape index (κ3) is 9.46. The Balaban J connectivity index is 2.14. The summed E-state index contributed by atoms with van der Waals surface area (Å²) < 4.78 is 26.9. The lowest BCUT2D eigenvalue weighted by molar-refractivity contribution is -0.140. The SMILES string of the molecule is CC(C)CNC(=O)[C@@H](C)N(Cc1ccc(Br)cc1)C(=O)CCCN(c1ccc(Cl)cc1)S(C)(=O)=O. The maximum Gasteiger partial charge on any atom is 0.242 e. The fourth-order valence-electron chi connectivity index (χ4n) is 3.43. The van der Waals surface area contributed by atoms with Crippen LogP contribution in [0, 0.1) is 5.92 Å². The van der Waals surface area contributed by atoms with Gasteiger partial charge in [-0.05, 0) is 61.2 Å². The lowest BCUT2D eigenvalue weighted by Crippen LogP contribution is -2.48. The molecule has 0 bridgehead atoms. The molecule has 1 N–H and O–H groups in total. The van der Waals surface area contributed by atoms with E-state index in [4.69, 9.17) is 11.6 Å². The van der Waals surface area contributed by atoms with Crippen LogP contribution in [0.15, 0.2) is 53.0 Å². The summed E-state index contributed by atoms with van der Waals surface area (Å²) in [5.41, 5.74) is 1.38. The molecule has 2 amide bonds. The molecule has 0 saturated carbocycles. The zero-order valence-corrected chi connectivity index (χ0v) is 23.7. The topological polar surface area (TPSA) is 86.8 Å². The van der Waals surface area contributed by atoms with Gasteiger partial charge in [-0.1, -0.05) is 53.5 Å². The van der Waals surface area contributed by atoms with Crippen molar-refractivity contribution >= 4 is 55.1 Å². The number of hydrogen-bond donors (Lipinski definition) is 1. The van der Waals surface area contributed by atoms with E-state index < -0.39 is 16.1 Å². The first-order chi connectivity index (χ1) is 16.4. The smallest absolute Gasteiger partial charge is 0.242 e. The second-order valence-corrected chi connectivity index (χ2v) is 12.1. The van der Waals surface area contributed by atoms with E-state index in [1.165, 1.54) is 4.31 Å². The highest BCUT2D eigenvalue weighted by Crippen LogP contribution is 2.21. The lowest BCUT2D eigenvalue weighted by atomic mass is 10.1. The molecular formula is C25H33BrClN3O4S. The molecule has 2 aromatic rings. The number of nitrogens with zero attached hydrogens (tertiary/aromatic N) is 2. The average Bonchev–Trinajstić information content (AvgIpc) is 2.79. The van der Waals surface area contributed by atoms with Crippen LogP contribution in [-0.2, 0) is 26.2 Å². The maximum absolute atomic E-state index is 13.3. The van der Waals surface area contributed by atoms with E-state index >= 15 is 0 Å². The first kappa shape index (κ1) is 29.1. The van der Waals surface area contributed by atoms with Crippen molar-refractivity contribution in [1.82, 2.24) is 10.2 Å². The van der Waals surface area contributed by atoms with Gasteiger partial charge in [0.15, 0.2) is 0 Å². The third-order valence-electron chi connectivity index (χ3n) is 5.38. The fraction of sp³-hybridized carbons (Fsp3) is 0.440. The summed E-state index contributed by atoms with van der Waals surface area (Å²) in [7, 11) is -3.55. The zero-order valence-electron chi connectivity index (χ0n) is 20.5. The molecule has 1 atom stereocenters. The molecule has 7 nitrogen and oxygen atoms in total. The number of rotatable bonds is 12. The normalized spacial score (nSPS) is 12.3. The van der Waals surface area contributed by atoms with Crippen LogP contribution in [0.5, 0.6) is 0 Å². The average molecular weight is 587 g/mol. The molecule has 2 aromatic carbocycles. The molecule has 10 heteroatoms. The quantitative estimate of drug-likeness (QED) is 0.386. The Morgan fingerprint density at radius 1 is 1.03 bits per heavy atom. The number of nitrogens with one attached hydrogen (secondary N) is 1. The molecule has 2 rings (SSSR count). The van der Waals surface area contributed by atoms with Gasteiger partial charge in [-0.25, -0.2) is 8.42 Å².